The summed E-state index contributed by atoms with van der Waals surface area (Å²) in [6, 6.07) is 20.8. The lowest BCUT2D eigenvalue weighted by Gasteiger charge is -2.56. The zero-order chi connectivity index (χ0) is 47.2. The summed E-state index contributed by atoms with van der Waals surface area (Å²) >= 11 is 0. The molecule has 8 heterocycles. The van der Waals surface area contributed by atoms with Gasteiger partial charge in [-0.25, -0.2) is 13.1 Å². The van der Waals surface area contributed by atoms with E-state index in [1.807, 2.05) is 36.1 Å². The summed E-state index contributed by atoms with van der Waals surface area (Å²) in [5, 5.41) is 19.8. The molecule has 1 spiro atoms. The molecule has 1 aliphatic carbocycles. The largest absolute Gasteiger partial charge is 0.489 e. The number of carbonyl (C=O) groups excluding carboxylic acids is 1. The molecule has 0 radical (unpaired) electrons. The summed E-state index contributed by atoms with van der Waals surface area (Å²) in [5.41, 5.74) is 5.38. The van der Waals surface area contributed by atoms with Crippen molar-refractivity contribution in [2.45, 2.75) is 99.7 Å². The fourth-order valence-electron chi connectivity index (χ4n) is 12.1. The van der Waals surface area contributed by atoms with Crippen molar-refractivity contribution in [1.29, 1.82) is 0 Å². The standard InChI is InChI=1S/C50H57N9O9S/c1-29-6-3-4-7-35(29)38-8-5-15-57(38)33-22-50(23-33)12-16-56(17-13-50)32-9-10-36(39(19-32)58-41-18-31-11-14-51-47(31)54-49(41)68-45-28-65-27-42(45)58)48(60)55-69(63,64)34-20-40(59(61)62)46-43(21-34)67-26-37(53-46)44-24-52-30(2)25-66-44/h3-4,6-7,9-11,14,18-21,30,33,37-38,42,44-45,52-53H,5,8,12-13,15-17,22-28H2,1-2H3,(H,51,54)(H,55,60)/t30-,37+,38+,42+,44-,45+/m1/s1. The first kappa shape index (κ1) is 44.2. The van der Waals surface area contributed by atoms with Crippen LogP contribution in [0.3, 0.4) is 0 Å². The van der Waals surface area contributed by atoms with Crippen molar-refractivity contribution in [1.82, 2.24) is 24.9 Å². The fraction of sp³-hybridized carbons (Fsp3) is 0.480. The van der Waals surface area contributed by atoms with Crippen molar-refractivity contribution in [2.75, 3.05) is 67.7 Å². The Morgan fingerprint density at radius 2 is 1.81 bits per heavy atom. The number of amides is 1. The molecule has 12 rings (SSSR count). The van der Waals surface area contributed by atoms with Gasteiger partial charge in [0.05, 0.1) is 59.1 Å². The number of benzene rings is 3. The van der Waals surface area contributed by atoms with E-state index in [0.717, 1.165) is 49.6 Å². The highest BCUT2D eigenvalue weighted by Crippen LogP contribution is 2.55. The lowest BCUT2D eigenvalue weighted by atomic mass is 9.59. The summed E-state index contributed by atoms with van der Waals surface area (Å²) in [6.07, 6.45) is 7.97. The number of hydrogen-bond acceptors (Lipinski definition) is 15. The van der Waals surface area contributed by atoms with E-state index >= 15 is 0 Å². The maximum atomic E-state index is 14.7. The van der Waals surface area contributed by atoms with E-state index in [1.165, 1.54) is 42.9 Å². The van der Waals surface area contributed by atoms with Crippen molar-refractivity contribution >= 4 is 55.4 Å². The maximum absolute atomic E-state index is 14.7. The molecule has 5 aromatic rings. The first-order chi connectivity index (χ1) is 33.4. The van der Waals surface area contributed by atoms with Crippen LogP contribution in [0, 0.1) is 22.5 Å². The van der Waals surface area contributed by atoms with Crippen LogP contribution >= 0.6 is 0 Å². The van der Waals surface area contributed by atoms with Crippen molar-refractivity contribution in [3.05, 3.63) is 99.7 Å². The van der Waals surface area contributed by atoms with Gasteiger partial charge in [0.1, 0.15) is 24.0 Å². The van der Waals surface area contributed by atoms with Crippen LogP contribution in [0.1, 0.15) is 73.0 Å². The van der Waals surface area contributed by atoms with Gasteiger partial charge in [0, 0.05) is 67.2 Å². The number of anilines is 4. The van der Waals surface area contributed by atoms with E-state index in [4.69, 9.17) is 23.9 Å². The van der Waals surface area contributed by atoms with Gasteiger partial charge >= 0.3 is 0 Å². The molecule has 7 aliphatic rings. The van der Waals surface area contributed by atoms with Gasteiger partial charge in [-0.3, -0.25) is 19.8 Å². The van der Waals surface area contributed by atoms with Crippen molar-refractivity contribution < 1.29 is 37.1 Å². The minimum absolute atomic E-state index is 0.0144. The molecule has 2 aromatic heterocycles. The van der Waals surface area contributed by atoms with Crippen LogP contribution in [0.4, 0.5) is 28.4 Å². The molecule has 6 atom stereocenters. The van der Waals surface area contributed by atoms with Gasteiger partial charge in [0.15, 0.2) is 11.4 Å². The number of nitrogens with zero attached hydrogens (tertiary/aromatic N) is 5. The quantitative estimate of drug-likeness (QED) is 0.0941. The summed E-state index contributed by atoms with van der Waals surface area (Å²) in [5.74, 6) is -0.559. The number of aryl methyl sites for hydroxylation is 1. The van der Waals surface area contributed by atoms with Crippen LogP contribution < -0.4 is 34.6 Å². The number of aromatic nitrogens is 2. The minimum Gasteiger partial charge on any atom is -0.489 e. The van der Waals surface area contributed by atoms with Gasteiger partial charge in [-0.1, -0.05) is 24.3 Å². The molecule has 0 unspecified atom stereocenters. The van der Waals surface area contributed by atoms with E-state index in [0.29, 0.717) is 61.4 Å². The first-order valence-corrected chi connectivity index (χ1v) is 25.7. The smallest absolute Gasteiger partial charge is 0.297 e. The number of ether oxygens (including phenoxy) is 4. The van der Waals surface area contributed by atoms with E-state index in [9.17, 15) is 23.3 Å². The molecule has 19 heteroatoms. The van der Waals surface area contributed by atoms with Gasteiger partial charge < -0.3 is 44.4 Å². The predicted octanol–water partition coefficient (Wildman–Crippen LogP) is 6.33. The van der Waals surface area contributed by atoms with Crippen LogP contribution in [0.5, 0.6) is 11.6 Å². The van der Waals surface area contributed by atoms with Crippen LogP contribution in [0.25, 0.3) is 11.0 Å². The predicted molar refractivity (Wildman–Crippen MR) is 258 cm³/mol. The Labute approximate surface area is 400 Å². The number of H-pyrrole nitrogens is 1. The summed E-state index contributed by atoms with van der Waals surface area (Å²) in [4.78, 5) is 41.2. The van der Waals surface area contributed by atoms with E-state index < -0.39 is 43.6 Å². The number of morpholine rings is 1. The minimum atomic E-state index is -4.70. The molecule has 6 aliphatic heterocycles. The van der Waals surface area contributed by atoms with Gasteiger partial charge in [-0.2, -0.15) is 4.98 Å². The summed E-state index contributed by atoms with van der Waals surface area (Å²) in [6.45, 7) is 8.71. The molecule has 362 valence electrons. The third-order valence-corrected chi connectivity index (χ3v) is 17.2. The average molecular weight is 960 g/mol. The number of sulfonamides is 1. The average Bonchev–Trinajstić information content (AvgIpc) is 4.13. The number of aromatic amines is 1. The van der Waals surface area contributed by atoms with Gasteiger partial charge in [0.25, 0.3) is 21.6 Å². The third-order valence-electron chi connectivity index (χ3n) is 15.9. The van der Waals surface area contributed by atoms with Crippen LogP contribution in [-0.2, 0) is 19.5 Å². The highest BCUT2D eigenvalue weighted by atomic mass is 32.2. The Bertz CT molecular complexity index is 2940. The number of nitro benzene ring substituents is 1. The highest BCUT2D eigenvalue weighted by Gasteiger charge is 2.50. The van der Waals surface area contributed by atoms with Gasteiger partial charge in [-0.15, -0.1) is 0 Å². The summed E-state index contributed by atoms with van der Waals surface area (Å²) in [7, 11) is -4.70. The lowest BCUT2D eigenvalue weighted by molar-refractivity contribution is -0.384. The highest BCUT2D eigenvalue weighted by molar-refractivity contribution is 7.90. The van der Waals surface area contributed by atoms with Crippen LogP contribution in [0.15, 0.2) is 77.8 Å². The van der Waals surface area contributed by atoms with E-state index in [2.05, 4.69) is 61.3 Å². The number of rotatable bonds is 9. The lowest BCUT2D eigenvalue weighted by Crippen LogP contribution is -2.55. The van der Waals surface area contributed by atoms with Crippen LogP contribution in [-0.4, -0.2) is 123 Å². The molecule has 4 N–H and O–H groups in total. The Balaban J connectivity index is 0.833. The molecule has 4 saturated heterocycles. The Hall–Kier alpha value is -5.99. The molecule has 0 bridgehead atoms. The number of pyridine rings is 1. The Kier molecular flexibility index (Phi) is 11.0. The second kappa shape index (κ2) is 17.2. The fourth-order valence-corrected chi connectivity index (χ4v) is 13.1. The van der Waals surface area contributed by atoms with E-state index in [1.54, 1.807) is 12.3 Å². The number of hydrogen-bond donors (Lipinski definition) is 4. The number of piperidine rings is 1. The third kappa shape index (κ3) is 7.91. The number of carbonyl (C=O) groups is 1. The number of likely N-dealkylation sites (tertiary alicyclic amines) is 1. The second-order valence-electron chi connectivity index (χ2n) is 20.1. The monoisotopic (exact) mass is 959 g/mol. The molecular formula is C50H57N9O9S. The van der Waals surface area contributed by atoms with Crippen molar-refractivity contribution in [2.24, 2.45) is 5.41 Å². The van der Waals surface area contributed by atoms with Crippen molar-refractivity contribution in [3.8, 4) is 11.6 Å². The topological polar surface area (TPSA) is 206 Å². The SMILES string of the molecule is Cc1ccccc1[C@@H]1CCCN1C1CC2(CCN(c3ccc(C(=O)NS(=O)(=O)c4cc5c(c([N+](=O)[O-])c4)N[C@H]([C@H]4CN[C@H](C)CO4)CO5)c(N4c5cc6cc[nH]c6nc5O[C@H]5COC[C@@H]54)c3)CC2)C1. The number of nitro groups is 1. The first-order valence-electron chi connectivity index (χ1n) is 24.3. The maximum Gasteiger partial charge on any atom is 0.297 e. The van der Waals surface area contributed by atoms with Crippen molar-refractivity contribution in [3.63, 3.8) is 0 Å². The van der Waals surface area contributed by atoms with Gasteiger partial charge in [-0.05, 0) is 106 Å². The molecular weight excluding hydrogens is 903 g/mol. The molecule has 18 nitrogen and oxygen atoms in total. The van der Waals surface area contributed by atoms with Gasteiger partial charge in [0.2, 0.25) is 5.88 Å². The summed E-state index contributed by atoms with van der Waals surface area (Å²) < 4.78 is 55.2. The number of nitrogens with one attached hydrogen (secondary N) is 4. The zero-order valence-electron chi connectivity index (χ0n) is 38.7. The molecule has 69 heavy (non-hydrogen) atoms. The molecule has 1 amide bonds. The van der Waals surface area contributed by atoms with E-state index in [-0.39, 0.29) is 47.2 Å². The molecule has 5 fully saturated rings. The second-order valence-corrected chi connectivity index (χ2v) is 21.8. The molecule has 3 aromatic carbocycles. The normalized spacial score (nSPS) is 26.6. The Morgan fingerprint density at radius 1 is 0.971 bits per heavy atom. The number of fused-ring (bicyclic) bond motifs is 4. The van der Waals surface area contributed by atoms with Crippen LogP contribution in [0.2, 0.25) is 0 Å². The zero-order valence-corrected chi connectivity index (χ0v) is 39.5. The Morgan fingerprint density at radius 3 is 2.61 bits per heavy atom. The molecule has 1 saturated carbocycles.